The maximum atomic E-state index is 9.46. The van der Waals surface area contributed by atoms with Crippen LogP contribution in [0.25, 0.3) is 0 Å². The van der Waals surface area contributed by atoms with Crippen LogP contribution >= 0.6 is 0 Å². The Hall–Kier alpha value is -0.760. The molecular weight excluding hydrogens is 162 g/mol. The van der Waals surface area contributed by atoms with Gasteiger partial charge in [0.25, 0.3) is 0 Å². The molecule has 1 N–H and O–H groups in total. The van der Waals surface area contributed by atoms with Crippen LogP contribution in [0.1, 0.15) is 39.0 Å². The standard InChI is InChI=1S/C11H19NO/c1-4-9(2)8-12-7-5-6-11(12)10(3)13/h5-7,9-10,13H,4,8H2,1-3H3. The average molecular weight is 181 g/mol. The van der Waals surface area contributed by atoms with E-state index >= 15 is 0 Å². The predicted octanol–water partition coefficient (Wildman–Crippen LogP) is 2.59. The van der Waals surface area contributed by atoms with Gasteiger partial charge in [-0.1, -0.05) is 20.3 Å². The topological polar surface area (TPSA) is 25.2 Å². The van der Waals surface area contributed by atoms with Crippen LogP contribution < -0.4 is 0 Å². The van der Waals surface area contributed by atoms with Gasteiger partial charge in [-0.25, -0.2) is 0 Å². The summed E-state index contributed by atoms with van der Waals surface area (Å²) in [7, 11) is 0. The van der Waals surface area contributed by atoms with Crippen molar-refractivity contribution >= 4 is 0 Å². The Kier molecular flexibility index (Phi) is 3.55. The Bertz CT molecular complexity index is 252. The van der Waals surface area contributed by atoms with Crippen LogP contribution in [-0.2, 0) is 6.54 Å². The highest BCUT2D eigenvalue weighted by atomic mass is 16.3. The van der Waals surface area contributed by atoms with Crippen molar-refractivity contribution < 1.29 is 5.11 Å². The van der Waals surface area contributed by atoms with E-state index in [4.69, 9.17) is 0 Å². The van der Waals surface area contributed by atoms with Crippen LogP contribution in [0, 0.1) is 5.92 Å². The van der Waals surface area contributed by atoms with E-state index in [0.29, 0.717) is 5.92 Å². The second-order valence-electron chi connectivity index (χ2n) is 3.77. The second-order valence-corrected chi connectivity index (χ2v) is 3.77. The maximum absolute atomic E-state index is 9.46. The first-order chi connectivity index (χ1) is 6.15. The normalized spacial score (nSPS) is 15.7. The molecule has 1 heterocycles. The molecule has 1 aromatic rings. The van der Waals surface area contributed by atoms with Crippen LogP contribution in [0.5, 0.6) is 0 Å². The lowest BCUT2D eigenvalue weighted by Crippen LogP contribution is -2.10. The van der Waals surface area contributed by atoms with Crippen molar-refractivity contribution in [1.29, 1.82) is 0 Å². The molecule has 0 spiro atoms. The molecule has 0 saturated carbocycles. The molecule has 1 aromatic heterocycles. The van der Waals surface area contributed by atoms with Gasteiger partial charge in [-0.05, 0) is 25.0 Å². The minimum Gasteiger partial charge on any atom is -0.387 e. The Morgan fingerprint density at radius 1 is 1.46 bits per heavy atom. The van der Waals surface area contributed by atoms with E-state index < -0.39 is 0 Å². The molecule has 0 aliphatic rings. The first-order valence-corrected chi connectivity index (χ1v) is 4.98. The van der Waals surface area contributed by atoms with Gasteiger partial charge >= 0.3 is 0 Å². The fourth-order valence-electron chi connectivity index (χ4n) is 1.44. The molecule has 2 unspecified atom stereocenters. The fraction of sp³-hybridized carbons (Fsp3) is 0.636. The van der Waals surface area contributed by atoms with Gasteiger partial charge in [0.1, 0.15) is 0 Å². The van der Waals surface area contributed by atoms with Gasteiger partial charge in [0, 0.05) is 18.4 Å². The van der Waals surface area contributed by atoms with E-state index in [1.807, 2.05) is 25.3 Å². The lowest BCUT2D eigenvalue weighted by Gasteiger charge is -2.14. The largest absolute Gasteiger partial charge is 0.387 e. The SMILES string of the molecule is CCC(C)Cn1cccc1C(C)O. The number of aliphatic hydroxyl groups excluding tert-OH is 1. The third-order valence-electron chi connectivity index (χ3n) is 2.50. The second kappa shape index (κ2) is 4.47. The van der Waals surface area contributed by atoms with Crippen molar-refractivity contribution in [1.82, 2.24) is 4.57 Å². The number of hydrogen-bond acceptors (Lipinski definition) is 1. The molecule has 0 amide bonds. The highest BCUT2D eigenvalue weighted by molar-refractivity contribution is 5.09. The minimum absolute atomic E-state index is 0.362. The summed E-state index contributed by atoms with van der Waals surface area (Å²) in [6.45, 7) is 7.23. The first-order valence-electron chi connectivity index (χ1n) is 4.98. The van der Waals surface area contributed by atoms with Crippen LogP contribution in [0.15, 0.2) is 18.3 Å². The summed E-state index contributed by atoms with van der Waals surface area (Å²) in [6, 6.07) is 3.97. The van der Waals surface area contributed by atoms with Gasteiger partial charge in [-0.2, -0.15) is 0 Å². The van der Waals surface area contributed by atoms with E-state index in [1.165, 1.54) is 6.42 Å². The molecule has 0 aliphatic carbocycles. The first kappa shape index (κ1) is 10.3. The minimum atomic E-state index is -0.362. The van der Waals surface area contributed by atoms with E-state index in [1.54, 1.807) is 0 Å². The van der Waals surface area contributed by atoms with Gasteiger partial charge in [0.05, 0.1) is 6.10 Å². The lowest BCUT2D eigenvalue weighted by atomic mass is 10.1. The summed E-state index contributed by atoms with van der Waals surface area (Å²) in [6.07, 6.45) is 2.85. The van der Waals surface area contributed by atoms with Crippen molar-refractivity contribution in [2.75, 3.05) is 0 Å². The van der Waals surface area contributed by atoms with Crippen molar-refractivity contribution in [2.24, 2.45) is 5.92 Å². The molecule has 2 nitrogen and oxygen atoms in total. The van der Waals surface area contributed by atoms with E-state index in [9.17, 15) is 5.11 Å². The zero-order valence-corrected chi connectivity index (χ0v) is 8.70. The average Bonchev–Trinajstić information content (AvgIpc) is 2.52. The number of aromatic nitrogens is 1. The molecule has 0 aromatic carbocycles. The lowest BCUT2D eigenvalue weighted by molar-refractivity contribution is 0.187. The predicted molar refractivity (Wildman–Crippen MR) is 54.5 cm³/mol. The molecule has 0 fully saturated rings. The van der Waals surface area contributed by atoms with Crippen LogP contribution in [0.2, 0.25) is 0 Å². The summed E-state index contributed by atoms with van der Waals surface area (Å²) in [5.41, 5.74) is 1.01. The number of rotatable bonds is 4. The molecular formula is C11H19NO. The van der Waals surface area contributed by atoms with Crippen molar-refractivity contribution in [3.63, 3.8) is 0 Å². The molecule has 0 bridgehead atoms. The fourth-order valence-corrected chi connectivity index (χ4v) is 1.44. The summed E-state index contributed by atoms with van der Waals surface area (Å²) in [4.78, 5) is 0. The highest BCUT2D eigenvalue weighted by Gasteiger charge is 2.08. The van der Waals surface area contributed by atoms with Crippen LogP contribution in [0.3, 0.4) is 0 Å². The summed E-state index contributed by atoms with van der Waals surface area (Å²) in [5, 5.41) is 9.46. The molecule has 1 rings (SSSR count). The Morgan fingerprint density at radius 2 is 2.15 bits per heavy atom. The Balaban J connectivity index is 2.70. The van der Waals surface area contributed by atoms with Crippen molar-refractivity contribution in [2.45, 2.75) is 39.8 Å². The molecule has 74 valence electrons. The molecule has 13 heavy (non-hydrogen) atoms. The molecule has 0 saturated heterocycles. The zero-order valence-electron chi connectivity index (χ0n) is 8.70. The smallest absolute Gasteiger partial charge is 0.0911 e. The Labute approximate surface area is 80.2 Å². The van der Waals surface area contributed by atoms with Gasteiger partial charge in [-0.15, -0.1) is 0 Å². The third kappa shape index (κ3) is 2.59. The van der Waals surface area contributed by atoms with Gasteiger partial charge in [0.15, 0.2) is 0 Å². The van der Waals surface area contributed by atoms with E-state index in [0.717, 1.165) is 12.2 Å². The van der Waals surface area contributed by atoms with Crippen LogP contribution in [0.4, 0.5) is 0 Å². The number of hydrogen-bond donors (Lipinski definition) is 1. The zero-order chi connectivity index (χ0) is 9.84. The summed E-state index contributed by atoms with van der Waals surface area (Å²) in [5.74, 6) is 0.671. The van der Waals surface area contributed by atoms with Gasteiger partial charge < -0.3 is 9.67 Å². The summed E-state index contributed by atoms with van der Waals surface area (Å²) >= 11 is 0. The van der Waals surface area contributed by atoms with Crippen LogP contribution in [-0.4, -0.2) is 9.67 Å². The van der Waals surface area contributed by atoms with E-state index in [2.05, 4.69) is 18.4 Å². The third-order valence-corrected chi connectivity index (χ3v) is 2.50. The molecule has 2 atom stereocenters. The highest BCUT2D eigenvalue weighted by Crippen LogP contribution is 2.15. The number of aliphatic hydroxyl groups is 1. The summed E-state index contributed by atoms with van der Waals surface area (Å²) < 4.78 is 2.14. The van der Waals surface area contributed by atoms with Gasteiger partial charge in [0.2, 0.25) is 0 Å². The van der Waals surface area contributed by atoms with Crippen molar-refractivity contribution in [3.8, 4) is 0 Å². The van der Waals surface area contributed by atoms with E-state index in [-0.39, 0.29) is 6.10 Å². The monoisotopic (exact) mass is 181 g/mol. The van der Waals surface area contributed by atoms with Crippen molar-refractivity contribution in [3.05, 3.63) is 24.0 Å². The molecule has 0 aliphatic heterocycles. The molecule has 0 radical (unpaired) electrons. The Morgan fingerprint density at radius 3 is 2.69 bits per heavy atom. The number of nitrogens with zero attached hydrogens (tertiary/aromatic N) is 1. The maximum Gasteiger partial charge on any atom is 0.0911 e. The quantitative estimate of drug-likeness (QED) is 0.758. The molecule has 2 heteroatoms. The van der Waals surface area contributed by atoms with Gasteiger partial charge in [-0.3, -0.25) is 0 Å².